The number of benzene rings is 1. The van der Waals surface area contributed by atoms with Gasteiger partial charge in [0.2, 0.25) is 5.13 Å². The summed E-state index contributed by atoms with van der Waals surface area (Å²) in [6.07, 6.45) is 3.37. The van der Waals surface area contributed by atoms with Gasteiger partial charge in [-0.3, -0.25) is 0 Å². The SMILES string of the molecule is Cc1cccc(Cc2nsc(NC3CC3)n2)c1. The Morgan fingerprint density at radius 3 is 3.06 bits per heavy atom. The van der Waals surface area contributed by atoms with Crippen molar-refractivity contribution in [2.75, 3.05) is 5.32 Å². The molecule has 0 atom stereocenters. The van der Waals surface area contributed by atoms with Crippen molar-refractivity contribution in [1.82, 2.24) is 9.36 Å². The topological polar surface area (TPSA) is 37.8 Å². The average Bonchev–Trinajstić information content (AvgIpc) is 2.99. The first-order valence-corrected chi connectivity index (χ1v) is 6.71. The average molecular weight is 245 g/mol. The summed E-state index contributed by atoms with van der Waals surface area (Å²) in [5.41, 5.74) is 2.56. The molecule has 1 aliphatic carbocycles. The second kappa shape index (κ2) is 4.45. The van der Waals surface area contributed by atoms with Gasteiger partial charge in [0.15, 0.2) is 0 Å². The number of hydrogen-bond donors (Lipinski definition) is 1. The van der Waals surface area contributed by atoms with Crippen LogP contribution in [-0.2, 0) is 6.42 Å². The molecular weight excluding hydrogens is 230 g/mol. The van der Waals surface area contributed by atoms with Gasteiger partial charge in [-0.2, -0.15) is 4.37 Å². The van der Waals surface area contributed by atoms with Crippen LogP contribution in [0.4, 0.5) is 5.13 Å². The van der Waals surface area contributed by atoms with E-state index < -0.39 is 0 Å². The van der Waals surface area contributed by atoms with E-state index in [1.54, 1.807) is 0 Å². The first-order chi connectivity index (χ1) is 8.29. The molecule has 88 valence electrons. The lowest BCUT2D eigenvalue weighted by Crippen LogP contribution is -2.00. The zero-order valence-electron chi connectivity index (χ0n) is 9.81. The molecule has 0 saturated heterocycles. The van der Waals surface area contributed by atoms with E-state index in [0.717, 1.165) is 17.4 Å². The standard InChI is InChI=1S/C13H15N3S/c1-9-3-2-4-10(7-9)8-12-15-13(17-16-12)14-11-5-6-11/h2-4,7,11H,5-6,8H2,1H3,(H,14,15,16). The predicted molar refractivity (Wildman–Crippen MR) is 70.5 cm³/mol. The summed E-state index contributed by atoms with van der Waals surface area (Å²) in [6, 6.07) is 9.16. The minimum atomic E-state index is 0.648. The van der Waals surface area contributed by atoms with Gasteiger partial charge in [0.05, 0.1) is 0 Å². The van der Waals surface area contributed by atoms with Gasteiger partial charge in [-0.25, -0.2) is 4.98 Å². The molecule has 0 spiro atoms. The Morgan fingerprint density at radius 1 is 1.41 bits per heavy atom. The van der Waals surface area contributed by atoms with Crippen molar-refractivity contribution in [2.45, 2.75) is 32.2 Å². The van der Waals surface area contributed by atoms with Crippen molar-refractivity contribution in [3.8, 4) is 0 Å². The van der Waals surface area contributed by atoms with E-state index in [1.165, 1.54) is 35.5 Å². The first kappa shape index (κ1) is 10.7. The molecule has 0 unspecified atom stereocenters. The highest BCUT2D eigenvalue weighted by Crippen LogP contribution is 2.25. The molecule has 2 aromatic rings. The summed E-state index contributed by atoms with van der Waals surface area (Å²) in [5.74, 6) is 0.920. The van der Waals surface area contributed by atoms with E-state index >= 15 is 0 Å². The largest absolute Gasteiger partial charge is 0.358 e. The third-order valence-electron chi connectivity index (χ3n) is 2.82. The molecule has 1 saturated carbocycles. The van der Waals surface area contributed by atoms with E-state index in [-0.39, 0.29) is 0 Å². The van der Waals surface area contributed by atoms with E-state index in [4.69, 9.17) is 0 Å². The van der Waals surface area contributed by atoms with Crippen molar-refractivity contribution in [1.29, 1.82) is 0 Å². The maximum atomic E-state index is 4.51. The Hall–Kier alpha value is -1.42. The van der Waals surface area contributed by atoms with Crippen LogP contribution in [0.1, 0.15) is 29.8 Å². The second-order valence-electron chi connectivity index (χ2n) is 4.60. The maximum Gasteiger partial charge on any atom is 0.202 e. The highest BCUT2D eigenvalue weighted by molar-refractivity contribution is 7.09. The third kappa shape index (κ3) is 2.82. The van der Waals surface area contributed by atoms with Crippen LogP contribution in [0.25, 0.3) is 0 Å². The summed E-state index contributed by atoms with van der Waals surface area (Å²) in [7, 11) is 0. The summed E-state index contributed by atoms with van der Waals surface area (Å²) in [6.45, 7) is 2.11. The molecule has 0 radical (unpaired) electrons. The summed E-state index contributed by atoms with van der Waals surface area (Å²) in [5, 5.41) is 4.35. The van der Waals surface area contributed by atoms with Gasteiger partial charge in [-0.1, -0.05) is 29.8 Å². The summed E-state index contributed by atoms with van der Waals surface area (Å²) >= 11 is 1.47. The molecule has 0 amide bonds. The Bertz CT molecular complexity index is 517. The summed E-state index contributed by atoms with van der Waals surface area (Å²) in [4.78, 5) is 4.51. The zero-order valence-corrected chi connectivity index (χ0v) is 10.6. The Balaban J connectivity index is 1.69. The Labute approximate surface area is 105 Å². The van der Waals surface area contributed by atoms with Crippen LogP contribution in [0.2, 0.25) is 0 Å². The lowest BCUT2D eigenvalue weighted by Gasteiger charge is -1.99. The Morgan fingerprint density at radius 2 is 2.29 bits per heavy atom. The van der Waals surface area contributed by atoms with Crippen molar-refractivity contribution in [3.63, 3.8) is 0 Å². The number of nitrogens with zero attached hydrogens (tertiary/aromatic N) is 2. The van der Waals surface area contributed by atoms with Gasteiger partial charge in [0.1, 0.15) is 5.82 Å². The molecule has 1 N–H and O–H groups in total. The molecule has 1 aliphatic rings. The third-order valence-corrected chi connectivity index (χ3v) is 3.50. The van der Waals surface area contributed by atoms with Crippen LogP contribution in [0.5, 0.6) is 0 Å². The number of nitrogens with one attached hydrogen (secondary N) is 1. The number of anilines is 1. The van der Waals surface area contributed by atoms with E-state index in [1.807, 2.05) is 0 Å². The van der Waals surface area contributed by atoms with E-state index in [2.05, 4.69) is 45.9 Å². The van der Waals surface area contributed by atoms with Gasteiger partial charge in [-0.05, 0) is 25.3 Å². The highest BCUT2D eigenvalue weighted by Gasteiger charge is 2.22. The molecule has 0 bridgehead atoms. The summed E-state index contributed by atoms with van der Waals surface area (Å²) < 4.78 is 4.39. The Kier molecular flexibility index (Phi) is 2.81. The highest BCUT2D eigenvalue weighted by atomic mass is 32.1. The van der Waals surface area contributed by atoms with Gasteiger partial charge in [0, 0.05) is 24.0 Å². The predicted octanol–water partition coefficient (Wildman–Crippen LogP) is 3.01. The van der Waals surface area contributed by atoms with Crippen LogP contribution in [-0.4, -0.2) is 15.4 Å². The minimum Gasteiger partial charge on any atom is -0.358 e. The molecule has 1 aromatic heterocycles. The number of rotatable bonds is 4. The fourth-order valence-electron chi connectivity index (χ4n) is 1.79. The van der Waals surface area contributed by atoms with Crippen LogP contribution in [0.15, 0.2) is 24.3 Å². The lowest BCUT2D eigenvalue weighted by molar-refractivity contribution is 1.02. The van der Waals surface area contributed by atoms with Crippen molar-refractivity contribution >= 4 is 16.7 Å². The van der Waals surface area contributed by atoms with Crippen molar-refractivity contribution in [3.05, 3.63) is 41.2 Å². The van der Waals surface area contributed by atoms with Gasteiger partial charge in [-0.15, -0.1) is 0 Å². The molecule has 17 heavy (non-hydrogen) atoms. The minimum absolute atomic E-state index is 0.648. The number of hydrogen-bond acceptors (Lipinski definition) is 4. The van der Waals surface area contributed by atoms with Gasteiger partial charge >= 0.3 is 0 Å². The smallest absolute Gasteiger partial charge is 0.202 e. The van der Waals surface area contributed by atoms with Crippen LogP contribution in [0.3, 0.4) is 0 Å². The molecule has 4 heteroatoms. The molecule has 1 heterocycles. The molecule has 1 fully saturated rings. The maximum absolute atomic E-state index is 4.51. The lowest BCUT2D eigenvalue weighted by atomic mass is 10.1. The number of aryl methyl sites for hydroxylation is 1. The van der Waals surface area contributed by atoms with Crippen LogP contribution < -0.4 is 5.32 Å². The van der Waals surface area contributed by atoms with Crippen LogP contribution in [0, 0.1) is 6.92 Å². The normalized spacial score (nSPS) is 14.9. The van der Waals surface area contributed by atoms with Crippen molar-refractivity contribution in [2.24, 2.45) is 0 Å². The van der Waals surface area contributed by atoms with Gasteiger partial charge < -0.3 is 5.32 Å². The molecular formula is C13H15N3S. The molecule has 0 aliphatic heterocycles. The van der Waals surface area contributed by atoms with Crippen LogP contribution >= 0.6 is 11.5 Å². The molecule has 3 nitrogen and oxygen atoms in total. The first-order valence-electron chi connectivity index (χ1n) is 5.94. The monoisotopic (exact) mass is 245 g/mol. The fourth-order valence-corrected chi connectivity index (χ4v) is 2.45. The van der Waals surface area contributed by atoms with Crippen molar-refractivity contribution < 1.29 is 0 Å². The van der Waals surface area contributed by atoms with E-state index in [0.29, 0.717) is 6.04 Å². The van der Waals surface area contributed by atoms with Gasteiger partial charge in [0.25, 0.3) is 0 Å². The second-order valence-corrected chi connectivity index (χ2v) is 5.35. The molecule has 3 rings (SSSR count). The van der Waals surface area contributed by atoms with E-state index in [9.17, 15) is 0 Å². The fraction of sp³-hybridized carbons (Fsp3) is 0.385. The quantitative estimate of drug-likeness (QED) is 0.899. The zero-order chi connectivity index (χ0) is 11.7. The number of aromatic nitrogens is 2. The molecule has 1 aromatic carbocycles.